The van der Waals surface area contributed by atoms with Crippen LogP contribution in [0.4, 0.5) is 5.69 Å². The SMILES string of the molecule is CCOc1cccc(CNC(=O)C2CCN(c3cn[nH]c(=O)c3)C2)c1. The molecule has 2 heterocycles. The molecule has 1 aliphatic heterocycles. The highest BCUT2D eigenvalue weighted by Gasteiger charge is 2.28. The highest BCUT2D eigenvalue weighted by Crippen LogP contribution is 2.22. The van der Waals surface area contributed by atoms with Crippen LogP contribution in [0.1, 0.15) is 18.9 Å². The number of amides is 1. The van der Waals surface area contributed by atoms with Crippen LogP contribution in [0, 0.1) is 5.92 Å². The fraction of sp³-hybridized carbons (Fsp3) is 0.389. The van der Waals surface area contributed by atoms with Gasteiger partial charge in [-0.05, 0) is 31.0 Å². The van der Waals surface area contributed by atoms with Crippen molar-refractivity contribution in [1.82, 2.24) is 15.5 Å². The normalized spacial score (nSPS) is 16.7. The minimum Gasteiger partial charge on any atom is -0.494 e. The number of ether oxygens (including phenoxy) is 1. The van der Waals surface area contributed by atoms with Gasteiger partial charge in [0.15, 0.2) is 0 Å². The van der Waals surface area contributed by atoms with Gasteiger partial charge in [-0.15, -0.1) is 0 Å². The Hall–Kier alpha value is -2.83. The number of nitrogens with zero attached hydrogens (tertiary/aromatic N) is 2. The van der Waals surface area contributed by atoms with Gasteiger partial charge in [-0.2, -0.15) is 5.10 Å². The molecular weight excluding hydrogens is 320 g/mol. The molecule has 1 atom stereocenters. The fourth-order valence-electron chi connectivity index (χ4n) is 2.99. The van der Waals surface area contributed by atoms with E-state index < -0.39 is 0 Å². The summed E-state index contributed by atoms with van der Waals surface area (Å²) in [5.74, 6) is 0.750. The molecule has 1 saturated heterocycles. The maximum Gasteiger partial charge on any atom is 0.266 e. The third-order valence-electron chi connectivity index (χ3n) is 4.25. The van der Waals surface area contributed by atoms with Crippen molar-refractivity contribution in [3.63, 3.8) is 0 Å². The first-order chi connectivity index (χ1) is 12.2. The number of nitrogens with one attached hydrogen (secondary N) is 2. The summed E-state index contributed by atoms with van der Waals surface area (Å²) in [4.78, 5) is 25.8. The van der Waals surface area contributed by atoms with E-state index in [2.05, 4.69) is 15.5 Å². The molecule has 3 rings (SSSR count). The number of aromatic amines is 1. The van der Waals surface area contributed by atoms with Crippen molar-refractivity contribution in [2.24, 2.45) is 5.92 Å². The molecule has 0 bridgehead atoms. The third-order valence-corrected chi connectivity index (χ3v) is 4.25. The molecule has 7 nitrogen and oxygen atoms in total. The van der Waals surface area contributed by atoms with Crippen LogP contribution < -0.4 is 20.5 Å². The summed E-state index contributed by atoms with van der Waals surface area (Å²) in [5, 5.41) is 9.15. The molecule has 132 valence electrons. The highest BCUT2D eigenvalue weighted by atomic mass is 16.5. The third kappa shape index (κ3) is 4.37. The van der Waals surface area contributed by atoms with Crippen LogP contribution in [0.2, 0.25) is 0 Å². The smallest absolute Gasteiger partial charge is 0.266 e. The molecule has 0 aliphatic carbocycles. The Labute approximate surface area is 146 Å². The van der Waals surface area contributed by atoms with Crippen LogP contribution in [-0.2, 0) is 11.3 Å². The van der Waals surface area contributed by atoms with Crippen molar-refractivity contribution in [2.45, 2.75) is 19.9 Å². The van der Waals surface area contributed by atoms with E-state index in [-0.39, 0.29) is 17.4 Å². The molecule has 2 N–H and O–H groups in total. The minimum atomic E-state index is -0.236. The molecule has 1 amide bonds. The molecule has 0 spiro atoms. The Morgan fingerprint density at radius 3 is 3.12 bits per heavy atom. The predicted octanol–water partition coefficient (Wildman–Crippen LogP) is 1.31. The lowest BCUT2D eigenvalue weighted by molar-refractivity contribution is -0.124. The van der Waals surface area contributed by atoms with Gasteiger partial charge in [0.05, 0.1) is 24.4 Å². The van der Waals surface area contributed by atoms with Gasteiger partial charge in [0.2, 0.25) is 5.91 Å². The molecule has 2 aromatic rings. The van der Waals surface area contributed by atoms with Crippen LogP contribution in [0.3, 0.4) is 0 Å². The Kier molecular flexibility index (Phi) is 5.33. The average molecular weight is 342 g/mol. The van der Waals surface area contributed by atoms with E-state index in [4.69, 9.17) is 4.74 Å². The molecule has 25 heavy (non-hydrogen) atoms. The van der Waals surface area contributed by atoms with Crippen molar-refractivity contribution in [3.8, 4) is 5.75 Å². The number of carbonyl (C=O) groups excluding carboxylic acids is 1. The van der Waals surface area contributed by atoms with Gasteiger partial charge in [0.25, 0.3) is 5.56 Å². The molecule has 0 radical (unpaired) electrons. The van der Waals surface area contributed by atoms with Gasteiger partial charge >= 0.3 is 0 Å². The van der Waals surface area contributed by atoms with Crippen molar-refractivity contribution in [3.05, 3.63) is 52.4 Å². The number of aromatic nitrogens is 2. The zero-order valence-electron chi connectivity index (χ0n) is 14.2. The molecule has 1 aromatic heterocycles. The van der Waals surface area contributed by atoms with E-state index >= 15 is 0 Å². The largest absolute Gasteiger partial charge is 0.494 e. The number of rotatable bonds is 6. The van der Waals surface area contributed by atoms with E-state index in [0.717, 1.165) is 30.0 Å². The van der Waals surface area contributed by atoms with Gasteiger partial charge in [0, 0.05) is 25.7 Å². The van der Waals surface area contributed by atoms with Crippen molar-refractivity contribution >= 4 is 11.6 Å². The summed E-state index contributed by atoms with van der Waals surface area (Å²) in [5.41, 5.74) is 1.52. The van der Waals surface area contributed by atoms with E-state index in [0.29, 0.717) is 19.7 Å². The average Bonchev–Trinajstić information content (AvgIpc) is 3.11. The monoisotopic (exact) mass is 342 g/mol. The maximum absolute atomic E-state index is 12.4. The maximum atomic E-state index is 12.4. The summed E-state index contributed by atoms with van der Waals surface area (Å²) in [6.45, 7) is 4.36. The lowest BCUT2D eigenvalue weighted by Crippen LogP contribution is -2.32. The first kappa shape index (κ1) is 17.0. The number of hydrogen-bond donors (Lipinski definition) is 2. The Balaban J connectivity index is 1.54. The van der Waals surface area contributed by atoms with Gasteiger partial charge in [-0.3, -0.25) is 9.59 Å². The summed E-state index contributed by atoms with van der Waals surface area (Å²) in [6.07, 6.45) is 2.37. The summed E-state index contributed by atoms with van der Waals surface area (Å²) < 4.78 is 5.47. The number of H-pyrrole nitrogens is 1. The summed E-state index contributed by atoms with van der Waals surface area (Å²) in [7, 11) is 0. The van der Waals surface area contributed by atoms with Crippen LogP contribution in [0.25, 0.3) is 0 Å². The fourth-order valence-corrected chi connectivity index (χ4v) is 2.99. The Morgan fingerprint density at radius 1 is 1.44 bits per heavy atom. The van der Waals surface area contributed by atoms with E-state index in [1.807, 2.05) is 36.1 Å². The molecule has 7 heteroatoms. The minimum absolute atomic E-state index is 0.0297. The second kappa shape index (κ2) is 7.83. The molecular formula is C18H22N4O3. The standard InChI is InChI=1S/C18H22N4O3/c1-2-25-16-5-3-4-13(8-16)10-19-18(24)14-6-7-22(12-14)15-9-17(23)21-20-11-15/h3-5,8-9,11,14H,2,6-7,10,12H2,1H3,(H,19,24)(H,21,23). The number of hydrogen-bond acceptors (Lipinski definition) is 5. The quantitative estimate of drug-likeness (QED) is 0.826. The van der Waals surface area contributed by atoms with Crippen LogP contribution in [-0.4, -0.2) is 35.8 Å². The molecule has 1 aromatic carbocycles. The van der Waals surface area contributed by atoms with Gasteiger partial charge < -0.3 is 15.0 Å². The predicted molar refractivity (Wildman–Crippen MR) is 94.6 cm³/mol. The summed E-state index contributed by atoms with van der Waals surface area (Å²) in [6, 6.07) is 9.23. The van der Waals surface area contributed by atoms with Crippen LogP contribution in [0.5, 0.6) is 5.75 Å². The van der Waals surface area contributed by atoms with Gasteiger partial charge in [-0.1, -0.05) is 12.1 Å². The lowest BCUT2D eigenvalue weighted by Gasteiger charge is -2.17. The van der Waals surface area contributed by atoms with Gasteiger partial charge in [0.1, 0.15) is 5.75 Å². The molecule has 1 aliphatic rings. The topological polar surface area (TPSA) is 87.3 Å². The van der Waals surface area contributed by atoms with Crippen molar-refractivity contribution in [2.75, 3.05) is 24.6 Å². The molecule has 1 fully saturated rings. The van der Waals surface area contributed by atoms with Crippen molar-refractivity contribution in [1.29, 1.82) is 0 Å². The Morgan fingerprint density at radius 2 is 2.32 bits per heavy atom. The first-order valence-electron chi connectivity index (χ1n) is 8.45. The Bertz CT molecular complexity index is 790. The molecule has 1 unspecified atom stereocenters. The lowest BCUT2D eigenvalue weighted by atomic mass is 10.1. The zero-order chi connectivity index (χ0) is 17.6. The number of benzene rings is 1. The molecule has 0 saturated carbocycles. The van der Waals surface area contributed by atoms with E-state index in [1.165, 1.54) is 6.07 Å². The van der Waals surface area contributed by atoms with Crippen molar-refractivity contribution < 1.29 is 9.53 Å². The zero-order valence-corrected chi connectivity index (χ0v) is 14.2. The van der Waals surface area contributed by atoms with Crippen LogP contribution >= 0.6 is 0 Å². The van der Waals surface area contributed by atoms with E-state index in [9.17, 15) is 9.59 Å². The second-order valence-corrected chi connectivity index (χ2v) is 6.03. The number of anilines is 1. The van der Waals surface area contributed by atoms with Gasteiger partial charge in [-0.25, -0.2) is 5.10 Å². The number of carbonyl (C=O) groups is 1. The van der Waals surface area contributed by atoms with Crippen LogP contribution in [0.15, 0.2) is 41.3 Å². The first-order valence-corrected chi connectivity index (χ1v) is 8.45. The highest BCUT2D eigenvalue weighted by molar-refractivity contribution is 5.80. The van der Waals surface area contributed by atoms with E-state index in [1.54, 1.807) is 6.20 Å². The second-order valence-electron chi connectivity index (χ2n) is 6.03. The summed E-state index contributed by atoms with van der Waals surface area (Å²) >= 11 is 0.